The molecule has 0 unspecified atom stereocenters. The zero-order chi connectivity index (χ0) is 10.8. The Morgan fingerprint density at radius 2 is 2.21 bits per heavy atom. The number of halogens is 1. The molecule has 0 aromatic rings. The van der Waals surface area contributed by atoms with E-state index in [-0.39, 0.29) is 11.9 Å². The summed E-state index contributed by atoms with van der Waals surface area (Å²) in [5, 5.41) is 0. The molecular formula is C8H15ClO4S. The van der Waals surface area contributed by atoms with Crippen molar-refractivity contribution in [1.29, 1.82) is 0 Å². The Bertz CT molecular complexity index is 280. The van der Waals surface area contributed by atoms with Crippen molar-refractivity contribution in [2.75, 3.05) is 19.0 Å². The molecule has 1 aliphatic rings. The maximum atomic E-state index is 11.0. The molecule has 1 fully saturated rings. The Kier molecular flexibility index (Phi) is 3.80. The predicted octanol–water partition coefficient (Wildman–Crippen LogP) is 1.14. The minimum Gasteiger partial charge on any atom is -0.378 e. The second-order valence-electron chi connectivity index (χ2n) is 3.84. The van der Waals surface area contributed by atoms with Gasteiger partial charge in [-0.1, -0.05) is 0 Å². The van der Waals surface area contributed by atoms with E-state index in [1.807, 2.05) is 13.8 Å². The first-order chi connectivity index (χ1) is 6.33. The van der Waals surface area contributed by atoms with Crippen molar-refractivity contribution >= 4 is 19.7 Å². The zero-order valence-electron chi connectivity index (χ0n) is 8.32. The number of ether oxygens (including phenoxy) is 2. The number of hydrogen-bond donors (Lipinski definition) is 0. The van der Waals surface area contributed by atoms with Crippen LogP contribution in [0.25, 0.3) is 0 Å². The van der Waals surface area contributed by atoms with Gasteiger partial charge in [-0.25, -0.2) is 8.42 Å². The van der Waals surface area contributed by atoms with Gasteiger partial charge in [0.1, 0.15) is 5.60 Å². The monoisotopic (exact) mass is 242 g/mol. The Balaban J connectivity index is 2.72. The molecule has 1 aliphatic heterocycles. The van der Waals surface area contributed by atoms with Gasteiger partial charge in [-0.2, -0.15) is 0 Å². The van der Waals surface area contributed by atoms with Crippen molar-refractivity contribution in [1.82, 2.24) is 0 Å². The van der Waals surface area contributed by atoms with Crippen molar-refractivity contribution in [3.63, 3.8) is 0 Å². The van der Waals surface area contributed by atoms with Gasteiger partial charge >= 0.3 is 0 Å². The summed E-state index contributed by atoms with van der Waals surface area (Å²) < 4.78 is 32.8. The lowest BCUT2D eigenvalue weighted by Gasteiger charge is -2.28. The fraction of sp³-hybridized carbons (Fsp3) is 1.00. The third kappa shape index (κ3) is 3.73. The largest absolute Gasteiger partial charge is 0.378 e. The summed E-state index contributed by atoms with van der Waals surface area (Å²) in [4.78, 5) is 0. The smallest absolute Gasteiger partial charge is 0.235 e. The van der Waals surface area contributed by atoms with E-state index in [1.165, 1.54) is 0 Å². The molecule has 6 heteroatoms. The molecule has 4 nitrogen and oxygen atoms in total. The lowest BCUT2D eigenvalue weighted by atomic mass is 10.1. The van der Waals surface area contributed by atoms with Crippen LogP contribution in [0.1, 0.15) is 20.3 Å². The second kappa shape index (κ2) is 4.35. The van der Waals surface area contributed by atoms with Crippen LogP contribution in [-0.2, 0) is 18.5 Å². The van der Waals surface area contributed by atoms with Gasteiger partial charge in [0.25, 0.3) is 0 Å². The first kappa shape index (κ1) is 12.2. The highest BCUT2D eigenvalue weighted by molar-refractivity contribution is 8.13. The van der Waals surface area contributed by atoms with Crippen molar-refractivity contribution in [3.05, 3.63) is 0 Å². The molecule has 14 heavy (non-hydrogen) atoms. The molecule has 0 N–H and O–H groups in total. The quantitative estimate of drug-likeness (QED) is 0.694. The molecule has 84 valence electrons. The molecule has 0 spiro atoms. The van der Waals surface area contributed by atoms with Crippen molar-refractivity contribution in [2.24, 2.45) is 0 Å². The Labute approximate surface area is 88.9 Å². The van der Waals surface area contributed by atoms with E-state index in [0.29, 0.717) is 19.6 Å². The first-order valence-electron chi connectivity index (χ1n) is 4.51. The lowest BCUT2D eigenvalue weighted by molar-refractivity contribution is -0.0668. The van der Waals surface area contributed by atoms with Gasteiger partial charge < -0.3 is 9.47 Å². The summed E-state index contributed by atoms with van der Waals surface area (Å²) in [5.41, 5.74) is -0.741. The van der Waals surface area contributed by atoms with E-state index in [9.17, 15) is 8.42 Å². The van der Waals surface area contributed by atoms with Crippen LogP contribution in [0.4, 0.5) is 0 Å². The summed E-state index contributed by atoms with van der Waals surface area (Å²) in [5.74, 6) is -0.181. The van der Waals surface area contributed by atoms with Crippen LogP contribution < -0.4 is 0 Å². The molecule has 0 aliphatic carbocycles. The summed E-state index contributed by atoms with van der Waals surface area (Å²) in [6.07, 6.45) is 0.548. The van der Waals surface area contributed by atoms with Gasteiger partial charge in [0.15, 0.2) is 0 Å². The Morgan fingerprint density at radius 1 is 1.57 bits per heavy atom. The van der Waals surface area contributed by atoms with Gasteiger partial charge in [0.2, 0.25) is 9.05 Å². The average molecular weight is 243 g/mol. The highest BCUT2D eigenvalue weighted by atomic mass is 35.7. The van der Waals surface area contributed by atoms with E-state index < -0.39 is 14.7 Å². The standard InChI is InChI=1S/C8H15ClO4S/c1-7(2)13-8(3-4-12-5-8)6-14(9,10)11/h7H,3-6H2,1-2H3/t8-/m0/s1. The van der Waals surface area contributed by atoms with Crippen LogP contribution in [0, 0.1) is 0 Å². The zero-order valence-corrected chi connectivity index (χ0v) is 9.90. The SMILES string of the molecule is CC(C)O[C@@]1(CS(=O)(=O)Cl)CCOC1. The minimum atomic E-state index is -3.54. The van der Waals surface area contributed by atoms with Crippen molar-refractivity contribution in [2.45, 2.75) is 32.0 Å². The molecule has 0 aromatic carbocycles. The van der Waals surface area contributed by atoms with Crippen LogP contribution in [0.2, 0.25) is 0 Å². The fourth-order valence-corrected chi connectivity index (χ4v) is 3.16. The molecular weight excluding hydrogens is 228 g/mol. The molecule has 1 rings (SSSR count). The Morgan fingerprint density at radius 3 is 2.57 bits per heavy atom. The topological polar surface area (TPSA) is 52.6 Å². The molecule has 0 aromatic heterocycles. The van der Waals surface area contributed by atoms with E-state index in [1.54, 1.807) is 0 Å². The molecule has 0 amide bonds. The molecule has 0 bridgehead atoms. The second-order valence-corrected chi connectivity index (χ2v) is 6.61. The van der Waals surface area contributed by atoms with Crippen LogP contribution in [0.3, 0.4) is 0 Å². The molecule has 1 heterocycles. The number of hydrogen-bond acceptors (Lipinski definition) is 4. The predicted molar refractivity (Wildman–Crippen MR) is 54.0 cm³/mol. The summed E-state index contributed by atoms with van der Waals surface area (Å²) in [6.45, 7) is 4.55. The average Bonchev–Trinajstić information content (AvgIpc) is 2.30. The molecule has 0 saturated carbocycles. The van der Waals surface area contributed by atoms with Crippen LogP contribution >= 0.6 is 10.7 Å². The van der Waals surface area contributed by atoms with Crippen molar-refractivity contribution in [3.8, 4) is 0 Å². The normalized spacial score (nSPS) is 28.6. The maximum absolute atomic E-state index is 11.0. The van der Waals surface area contributed by atoms with Gasteiger partial charge in [0.05, 0.1) is 18.5 Å². The molecule has 0 radical (unpaired) electrons. The van der Waals surface area contributed by atoms with Gasteiger partial charge in [-0.3, -0.25) is 0 Å². The first-order valence-corrected chi connectivity index (χ1v) is 6.99. The van der Waals surface area contributed by atoms with Crippen LogP contribution in [-0.4, -0.2) is 39.1 Å². The molecule has 1 saturated heterocycles. The van der Waals surface area contributed by atoms with E-state index in [4.69, 9.17) is 20.2 Å². The van der Waals surface area contributed by atoms with E-state index in [0.717, 1.165) is 0 Å². The third-order valence-corrected chi connectivity index (χ3v) is 3.19. The fourth-order valence-electron chi connectivity index (χ4n) is 1.64. The minimum absolute atomic E-state index is 0.0323. The van der Waals surface area contributed by atoms with E-state index >= 15 is 0 Å². The lowest BCUT2D eigenvalue weighted by Crippen LogP contribution is -2.41. The van der Waals surface area contributed by atoms with Gasteiger partial charge in [0, 0.05) is 23.7 Å². The summed E-state index contributed by atoms with van der Waals surface area (Å²) in [6, 6.07) is 0. The van der Waals surface area contributed by atoms with Crippen LogP contribution in [0.5, 0.6) is 0 Å². The van der Waals surface area contributed by atoms with E-state index in [2.05, 4.69) is 0 Å². The van der Waals surface area contributed by atoms with Gasteiger partial charge in [-0.15, -0.1) is 0 Å². The summed E-state index contributed by atoms with van der Waals surface area (Å²) in [7, 11) is 1.68. The molecule has 1 atom stereocenters. The number of rotatable bonds is 4. The van der Waals surface area contributed by atoms with Gasteiger partial charge in [-0.05, 0) is 13.8 Å². The highest BCUT2D eigenvalue weighted by Crippen LogP contribution is 2.27. The highest BCUT2D eigenvalue weighted by Gasteiger charge is 2.40. The third-order valence-electron chi connectivity index (χ3n) is 1.99. The maximum Gasteiger partial charge on any atom is 0.235 e. The van der Waals surface area contributed by atoms with Crippen molar-refractivity contribution < 1.29 is 17.9 Å². The van der Waals surface area contributed by atoms with Crippen LogP contribution in [0.15, 0.2) is 0 Å². The Hall–Kier alpha value is 0.160. The summed E-state index contributed by atoms with van der Waals surface area (Å²) >= 11 is 0.